The number of furan rings is 1. The number of nitrogens with zero attached hydrogens (tertiary/aromatic N) is 1. The predicted octanol–water partition coefficient (Wildman–Crippen LogP) is 3.69. The Balaban J connectivity index is 1.79. The fraction of sp³-hybridized carbons (Fsp3) is 0.368. The Hall–Kier alpha value is -2.56. The molecule has 5 nitrogen and oxygen atoms in total. The molecule has 3 rings (SSSR count). The van der Waals surface area contributed by atoms with Crippen LogP contribution < -0.4 is 0 Å². The third-order valence-electron chi connectivity index (χ3n) is 4.86. The van der Waals surface area contributed by atoms with Gasteiger partial charge in [-0.25, -0.2) is 4.79 Å². The molecule has 1 amide bonds. The van der Waals surface area contributed by atoms with E-state index in [9.17, 15) is 9.59 Å². The number of carboxylic acids is 1. The van der Waals surface area contributed by atoms with Gasteiger partial charge in [-0.15, -0.1) is 0 Å². The number of likely N-dealkylation sites (N-methyl/N-ethyl adjacent to an activating group) is 1. The zero-order valence-corrected chi connectivity index (χ0v) is 13.9. The Bertz CT molecular complexity index is 747. The van der Waals surface area contributed by atoms with Gasteiger partial charge in [0.1, 0.15) is 6.26 Å². The van der Waals surface area contributed by atoms with Crippen molar-refractivity contribution < 1.29 is 19.1 Å². The van der Waals surface area contributed by atoms with E-state index in [1.807, 2.05) is 0 Å². The highest BCUT2D eigenvalue weighted by atomic mass is 16.4. The average Bonchev–Trinajstić information content (AvgIpc) is 3.23. The summed E-state index contributed by atoms with van der Waals surface area (Å²) in [4.78, 5) is 25.3. The molecule has 126 valence electrons. The quantitative estimate of drug-likeness (QED) is 0.929. The normalized spacial score (nSPS) is 20.1. The lowest BCUT2D eigenvalue weighted by Gasteiger charge is -2.29. The summed E-state index contributed by atoms with van der Waals surface area (Å²) in [5.74, 6) is -0.997. The molecular weight excluding hydrogens is 306 g/mol. The molecule has 1 aromatic heterocycles. The van der Waals surface area contributed by atoms with Gasteiger partial charge < -0.3 is 14.4 Å². The maximum absolute atomic E-state index is 12.6. The highest BCUT2D eigenvalue weighted by Gasteiger charge is 2.35. The van der Waals surface area contributed by atoms with Gasteiger partial charge in [0.15, 0.2) is 5.76 Å². The molecule has 1 aromatic carbocycles. The highest BCUT2D eigenvalue weighted by molar-refractivity contribution is 5.95. The van der Waals surface area contributed by atoms with Crippen LogP contribution in [0.4, 0.5) is 0 Å². The number of rotatable bonds is 4. The minimum absolute atomic E-state index is 0.00624. The molecule has 5 heteroatoms. The van der Waals surface area contributed by atoms with Crippen molar-refractivity contribution in [1.82, 2.24) is 4.90 Å². The fourth-order valence-corrected chi connectivity index (χ4v) is 3.49. The summed E-state index contributed by atoms with van der Waals surface area (Å²) in [6.07, 6.45) is 4.16. The van der Waals surface area contributed by atoms with Crippen molar-refractivity contribution >= 4 is 11.9 Å². The molecule has 1 N–H and O–H groups in total. The summed E-state index contributed by atoms with van der Waals surface area (Å²) in [5.41, 5.74) is 2.45. The molecule has 0 bridgehead atoms. The first-order chi connectivity index (χ1) is 11.5. The van der Waals surface area contributed by atoms with Crippen LogP contribution >= 0.6 is 0 Å². The van der Waals surface area contributed by atoms with Crippen molar-refractivity contribution in [2.24, 2.45) is 0 Å². The SMILES string of the molecule is Cc1ccc(C2CCCC2N(C)C(=O)c2cc(C(=O)O)co2)cc1. The Morgan fingerprint density at radius 2 is 1.92 bits per heavy atom. The standard InChI is InChI=1S/C19H21NO4/c1-12-6-8-13(9-7-12)15-4-3-5-16(15)20(2)18(21)17-10-14(11-24-17)19(22)23/h6-11,15-16H,3-5H2,1-2H3,(H,22,23). The van der Waals surface area contributed by atoms with E-state index in [2.05, 4.69) is 31.2 Å². The van der Waals surface area contributed by atoms with Crippen LogP contribution in [-0.2, 0) is 0 Å². The van der Waals surface area contributed by atoms with E-state index in [0.717, 1.165) is 25.5 Å². The summed E-state index contributed by atoms with van der Waals surface area (Å²) < 4.78 is 5.15. The topological polar surface area (TPSA) is 70.8 Å². The molecule has 2 aromatic rings. The molecule has 1 heterocycles. The van der Waals surface area contributed by atoms with Crippen molar-refractivity contribution in [3.63, 3.8) is 0 Å². The largest absolute Gasteiger partial charge is 0.478 e. The highest BCUT2D eigenvalue weighted by Crippen LogP contribution is 2.38. The van der Waals surface area contributed by atoms with Crippen LogP contribution in [0.2, 0.25) is 0 Å². The van der Waals surface area contributed by atoms with Crippen molar-refractivity contribution in [3.05, 3.63) is 59.0 Å². The van der Waals surface area contributed by atoms with Gasteiger partial charge in [0, 0.05) is 25.1 Å². The molecule has 2 atom stereocenters. The van der Waals surface area contributed by atoms with Crippen LogP contribution in [0.25, 0.3) is 0 Å². The number of carboxylic acid groups (broad SMARTS) is 1. The van der Waals surface area contributed by atoms with E-state index >= 15 is 0 Å². The van der Waals surface area contributed by atoms with Gasteiger partial charge in [0.05, 0.1) is 5.56 Å². The predicted molar refractivity (Wildman–Crippen MR) is 89.3 cm³/mol. The number of aryl methyl sites for hydroxylation is 1. The maximum Gasteiger partial charge on any atom is 0.338 e. The molecule has 0 spiro atoms. The number of amides is 1. The van der Waals surface area contributed by atoms with Gasteiger partial charge >= 0.3 is 5.97 Å². The molecule has 0 saturated heterocycles. The molecule has 2 unspecified atom stereocenters. The summed E-state index contributed by atoms with van der Waals surface area (Å²) in [6, 6.07) is 9.84. The van der Waals surface area contributed by atoms with Crippen molar-refractivity contribution in [3.8, 4) is 0 Å². The van der Waals surface area contributed by atoms with Crippen LogP contribution in [0.3, 0.4) is 0 Å². The van der Waals surface area contributed by atoms with Crippen molar-refractivity contribution in [2.45, 2.75) is 38.1 Å². The first kappa shape index (κ1) is 16.3. The van der Waals surface area contributed by atoms with E-state index in [-0.39, 0.29) is 23.3 Å². The van der Waals surface area contributed by atoms with Gasteiger partial charge in [0.2, 0.25) is 0 Å². The molecule has 1 aliphatic rings. The number of carbonyl (C=O) groups is 2. The summed E-state index contributed by atoms with van der Waals surface area (Å²) >= 11 is 0. The van der Waals surface area contributed by atoms with Gasteiger partial charge in [-0.3, -0.25) is 4.79 Å². The average molecular weight is 327 g/mol. The number of hydrogen-bond acceptors (Lipinski definition) is 3. The number of carbonyl (C=O) groups excluding carboxylic acids is 1. The van der Waals surface area contributed by atoms with E-state index in [4.69, 9.17) is 9.52 Å². The van der Waals surface area contributed by atoms with Gasteiger partial charge in [-0.1, -0.05) is 36.2 Å². The van der Waals surface area contributed by atoms with E-state index in [0.29, 0.717) is 5.92 Å². The fourth-order valence-electron chi connectivity index (χ4n) is 3.49. The Kier molecular flexibility index (Phi) is 4.42. The molecule has 24 heavy (non-hydrogen) atoms. The number of aromatic carboxylic acids is 1. The van der Waals surface area contributed by atoms with Crippen LogP contribution in [0, 0.1) is 6.92 Å². The van der Waals surface area contributed by atoms with Crippen molar-refractivity contribution in [2.75, 3.05) is 7.05 Å². The molecule has 1 saturated carbocycles. The molecule has 0 radical (unpaired) electrons. The van der Waals surface area contributed by atoms with E-state index in [1.165, 1.54) is 17.2 Å². The summed E-state index contributed by atoms with van der Waals surface area (Å²) in [5, 5.41) is 8.96. The first-order valence-corrected chi connectivity index (χ1v) is 8.13. The second-order valence-electron chi connectivity index (χ2n) is 6.44. The summed E-state index contributed by atoms with van der Waals surface area (Å²) in [6.45, 7) is 2.06. The lowest BCUT2D eigenvalue weighted by atomic mass is 9.92. The summed E-state index contributed by atoms with van der Waals surface area (Å²) in [7, 11) is 1.77. The molecular formula is C19H21NO4. The molecule has 0 aliphatic heterocycles. The Labute approximate surface area is 140 Å². The van der Waals surface area contributed by atoms with Crippen LogP contribution in [0.1, 0.15) is 57.2 Å². The van der Waals surface area contributed by atoms with E-state index < -0.39 is 5.97 Å². The number of benzene rings is 1. The zero-order chi connectivity index (χ0) is 17.3. The monoisotopic (exact) mass is 327 g/mol. The molecule has 1 aliphatic carbocycles. The second-order valence-corrected chi connectivity index (χ2v) is 6.44. The minimum Gasteiger partial charge on any atom is -0.478 e. The Morgan fingerprint density at radius 3 is 2.54 bits per heavy atom. The maximum atomic E-state index is 12.6. The number of hydrogen-bond donors (Lipinski definition) is 1. The zero-order valence-electron chi connectivity index (χ0n) is 13.9. The van der Waals surface area contributed by atoms with Crippen LogP contribution in [-0.4, -0.2) is 35.0 Å². The second kappa shape index (κ2) is 6.51. The third kappa shape index (κ3) is 3.07. The van der Waals surface area contributed by atoms with Gasteiger partial charge in [0.25, 0.3) is 5.91 Å². The first-order valence-electron chi connectivity index (χ1n) is 8.13. The van der Waals surface area contributed by atoms with Gasteiger partial charge in [-0.2, -0.15) is 0 Å². The third-order valence-corrected chi connectivity index (χ3v) is 4.86. The van der Waals surface area contributed by atoms with E-state index in [1.54, 1.807) is 11.9 Å². The lowest BCUT2D eigenvalue weighted by Crippen LogP contribution is -2.38. The molecule has 1 fully saturated rings. The van der Waals surface area contributed by atoms with Gasteiger partial charge in [-0.05, 0) is 25.3 Å². The lowest BCUT2D eigenvalue weighted by molar-refractivity contribution is 0.0683. The minimum atomic E-state index is -1.10. The smallest absolute Gasteiger partial charge is 0.338 e. The van der Waals surface area contributed by atoms with Crippen molar-refractivity contribution in [1.29, 1.82) is 0 Å². The van der Waals surface area contributed by atoms with Crippen LogP contribution in [0.5, 0.6) is 0 Å². The Morgan fingerprint density at radius 1 is 1.21 bits per heavy atom. The van der Waals surface area contributed by atoms with Crippen LogP contribution in [0.15, 0.2) is 41.0 Å².